The molecule has 0 saturated carbocycles. The zero-order valence-electron chi connectivity index (χ0n) is 35.6. The van der Waals surface area contributed by atoms with E-state index in [-0.39, 0.29) is 90.7 Å². The number of phenolic OH excluding ortho intramolecular Hbond substituents is 2. The van der Waals surface area contributed by atoms with E-state index in [0.717, 1.165) is 4.90 Å². The summed E-state index contributed by atoms with van der Waals surface area (Å²) < 4.78 is 0. The zero-order chi connectivity index (χ0) is 46.3. The number of carbonyl (C=O) groups is 10. The van der Waals surface area contributed by atoms with Crippen molar-refractivity contribution >= 4 is 64.5 Å². The average Bonchev–Trinajstić information content (AvgIpc) is 3.55. The Hall–Kier alpha value is -6.92. The topological polar surface area (TPSA) is 301 Å². The van der Waals surface area contributed by atoms with Crippen LogP contribution in [0.25, 0.3) is 0 Å². The molecule has 63 heavy (non-hydrogen) atoms. The normalized spacial score (nSPS) is 16.7. The van der Waals surface area contributed by atoms with E-state index in [9.17, 15) is 58.2 Å². The lowest BCUT2D eigenvalue weighted by Crippen LogP contribution is -2.57. The molecule has 0 unspecified atom stereocenters. The number of hydrogen-bond donors (Lipinski definition) is 8. The molecule has 9 N–H and O–H groups in total. The van der Waals surface area contributed by atoms with Gasteiger partial charge in [0.1, 0.15) is 35.4 Å². The fourth-order valence-electron chi connectivity index (χ4n) is 7.95. The number of hydrogen-bond acceptors (Lipinski definition) is 12. The number of anilines is 1. The van der Waals surface area contributed by atoms with Crippen LogP contribution in [0, 0.1) is 11.8 Å². The van der Waals surface area contributed by atoms with E-state index in [1.54, 1.807) is 13.8 Å². The maximum atomic E-state index is 14.1. The average molecular weight is 872 g/mol. The highest BCUT2D eigenvalue weighted by molar-refractivity contribution is 6.32. The maximum Gasteiger partial charge on any atom is 0.312 e. The number of urea groups is 1. The number of Topliss-reactive ketones (excluding diaryl/α,β-unsaturated/α-hetero) is 1. The van der Waals surface area contributed by atoms with Crippen LogP contribution in [0.1, 0.15) is 116 Å². The number of ketones is 3. The molecule has 5 rings (SSSR count). The molecule has 336 valence electrons. The fourth-order valence-corrected chi connectivity index (χ4v) is 7.95. The van der Waals surface area contributed by atoms with E-state index in [1.165, 1.54) is 44.2 Å². The molecule has 1 heterocycles. The zero-order valence-corrected chi connectivity index (χ0v) is 35.6. The third kappa shape index (κ3) is 10.8. The molecule has 0 bridgehead atoms. The van der Waals surface area contributed by atoms with Crippen LogP contribution in [0.15, 0.2) is 30.4 Å². The van der Waals surface area contributed by atoms with Gasteiger partial charge in [-0.1, -0.05) is 32.4 Å². The molecule has 2 aliphatic carbocycles. The predicted molar refractivity (Wildman–Crippen MR) is 225 cm³/mol. The number of unbranched alkanes of at least 4 members (excludes halogenated alkanes) is 2. The first-order valence-corrected chi connectivity index (χ1v) is 20.9. The van der Waals surface area contributed by atoms with Crippen molar-refractivity contribution < 1.29 is 58.2 Å². The lowest BCUT2D eigenvalue weighted by atomic mass is 9.75. The molecular formula is C44H53N7O12. The van der Waals surface area contributed by atoms with Gasteiger partial charge in [0.25, 0.3) is 11.8 Å². The largest absolute Gasteiger partial charge is 0.507 e. The van der Waals surface area contributed by atoms with Gasteiger partial charge >= 0.3 is 6.03 Å². The predicted octanol–water partition coefficient (Wildman–Crippen LogP) is 1.57. The van der Waals surface area contributed by atoms with E-state index in [0.29, 0.717) is 25.7 Å². The van der Waals surface area contributed by atoms with Gasteiger partial charge in [0.15, 0.2) is 11.6 Å². The number of primary amides is 1. The van der Waals surface area contributed by atoms with E-state index in [2.05, 4.69) is 26.6 Å². The van der Waals surface area contributed by atoms with Gasteiger partial charge in [-0.25, -0.2) is 4.79 Å². The van der Waals surface area contributed by atoms with Crippen LogP contribution in [0.3, 0.4) is 0 Å². The number of nitrogens with two attached hydrogens (primary N) is 1. The molecule has 1 aliphatic heterocycles. The van der Waals surface area contributed by atoms with Gasteiger partial charge in [-0.2, -0.15) is 0 Å². The minimum absolute atomic E-state index is 0.0276. The second-order valence-corrected chi connectivity index (χ2v) is 16.3. The first-order valence-electron chi connectivity index (χ1n) is 20.9. The minimum atomic E-state index is -1.30. The number of aromatic hydroxyl groups is 2. The van der Waals surface area contributed by atoms with Crippen molar-refractivity contribution in [2.24, 2.45) is 17.6 Å². The number of rotatable bonds is 19. The van der Waals surface area contributed by atoms with Crippen LogP contribution >= 0.6 is 0 Å². The monoisotopic (exact) mass is 871 g/mol. The number of amides is 8. The summed E-state index contributed by atoms with van der Waals surface area (Å²) in [6.07, 6.45) is 4.67. The summed E-state index contributed by atoms with van der Waals surface area (Å²) >= 11 is 0. The Labute approximate surface area is 363 Å². The van der Waals surface area contributed by atoms with Gasteiger partial charge < -0.3 is 42.5 Å². The molecule has 0 saturated heterocycles. The van der Waals surface area contributed by atoms with Gasteiger partial charge in [0.2, 0.25) is 23.6 Å². The number of nitrogens with zero attached hydrogens (tertiary/aromatic N) is 1. The van der Waals surface area contributed by atoms with Crippen molar-refractivity contribution in [3.05, 3.63) is 63.7 Å². The van der Waals surface area contributed by atoms with Gasteiger partial charge in [0, 0.05) is 54.3 Å². The Kier molecular flexibility index (Phi) is 15.2. The summed E-state index contributed by atoms with van der Waals surface area (Å²) in [7, 11) is 0. The van der Waals surface area contributed by atoms with Gasteiger partial charge in [-0.05, 0) is 70.8 Å². The lowest BCUT2D eigenvalue weighted by Gasteiger charge is -2.29. The summed E-state index contributed by atoms with van der Waals surface area (Å²) in [5.41, 5.74) is 4.35. The lowest BCUT2D eigenvalue weighted by molar-refractivity contribution is -0.137. The molecule has 2 aromatic rings. The standard InChI is InChI=1S/C44H53N7O12/c1-21(2)36(50-30(53)13-6-5-7-19-51-31(54)16-17-32(51)55)43(62)49-29(12-9-18-46-44(45)63)42(61)47-22(3)41(60)48-28-11-8-10-26-33(28)40(59)35-34(38(26)57)39(58)27-20-24(23(4)52)14-15-25(27)37(35)56/h8,10-11,16-17,21-22,24,29,36,56,58H,5-7,9,12-15,18-20H2,1-4H3,(H,47,61)(H,48,60)(H,49,62)(H,50,53)(H3,45,46,63)/t22-,24-,29-,36-/m0/s1. The van der Waals surface area contributed by atoms with Crippen molar-refractivity contribution in [3.63, 3.8) is 0 Å². The summed E-state index contributed by atoms with van der Waals surface area (Å²) in [5, 5.41) is 35.5. The summed E-state index contributed by atoms with van der Waals surface area (Å²) in [6, 6.07) is -0.325. The van der Waals surface area contributed by atoms with Crippen molar-refractivity contribution in [2.45, 2.75) is 104 Å². The maximum absolute atomic E-state index is 14.1. The first kappa shape index (κ1) is 47.1. The number of imide groups is 1. The molecule has 0 spiro atoms. The van der Waals surface area contributed by atoms with Crippen LogP contribution in [-0.4, -0.2) is 105 Å². The van der Waals surface area contributed by atoms with Crippen molar-refractivity contribution in [1.82, 2.24) is 26.2 Å². The Balaban J connectivity index is 1.24. The third-order valence-corrected chi connectivity index (χ3v) is 11.5. The highest BCUT2D eigenvalue weighted by Crippen LogP contribution is 2.47. The fraction of sp³-hybridized carbons (Fsp3) is 0.455. The molecule has 4 atom stereocenters. The third-order valence-electron chi connectivity index (χ3n) is 11.5. The molecule has 3 aliphatic rings. The summed E-state index contributed by atoms with van der Waals surface area (Å²) in [6.45, 7) is 6.43. The number of carbonyl (C=O) groups excluding carboxylic acids is 10. The number of phenols is 2. The number of fused-ring (bicyclic) bond motifs is 3. The van der Waals surface area contributed by atoms with Crippen LogP contribution in [0.2, 0.25) is 0 Å². The van der Waals surface area contributed by atoms with Crippen molar-refractivity contribution in [1.29, 1.82) is 0 Å². The molecule has 19 nitrogen and oxygen atoms in total. The first-order chi connectivity index (χ1) is 29.8. The highest BCUT2D eigenvalue weighted by Gasteiger charge is 2.41. The van der Waals surface area contributed by atoms with E-state index in [1.807, 2.05) is 0 Å². The van der Waals surface area contributed by atoms with E-state index >= 15 is 0 Å². The number of nitrogens with one attached hydrogen (secondary N) is 5. The molecule has 8 amide bonds. The Bertz CT molecular complexity index is 2270. The van der Waals surface area contributed by atoms with Crippen LogP contribution < -0.4 is 32.3 Å². The molecule has 0 fully saturated rings. The Morgan fingerprint density at radius 2 is 1.46 bits per heavy atom. The van der Waals surface area contributed by atoms with Crippen molar-refractivity contribution in [3.8, 4) is 11.5 Å². The molecule has 0 radical (unpaired) electrons. The summed E-state index contributed by atoms with van der Waals surface area (Å²) in [4.78, 5) is 130. The Morgan fingerprint density at radius 1 is 0.794 bits per heavy atom. The van der Waals surface area contributed by atoms with Gasteiger partial charge in [-0.15, -0.1) is 0 Å². The SMILES string of the molecule is CC(=O)[C@H]1CCc2c(O)c3c(c(O)c2C1)C(=O)c1cccc(NC(=O)[C@H](C)NC(=O)[C@H](CCCNC(N)=O)NC(=O)[C@@H](NC(=O)CCCCCN2C(=O)C=CC2=O)C(C)C)c1C3=O. The molecule has 19 heteroatoms. The second kappa shape index (κ2) is 20.3. The van der Waals surface area contributed by atoms with Crippen molar-refractivity contribution in [2.75, 3.05) is 18.4 Å². The van der Waals surface area contributed by atoms with Crippen LogP contribution in [0.5, 0.6) is 11.5 Å². The smallest absolute Gasteiger partial charge is 0.312 e. The molecule has 0 aromatic heterocycles. The quantitative estimate of drug-likeness (QED) is 0.0484. The molecule has 2 aromatic carbocycles. The summed E-state index contributed by atoms with van der Waals surface area (Å²) in [5.74, 6) is -7.04. The van der Waals surface area contributed by atoms with Gasteiger partial charge in [0.05, 0.1) is 22.4 Å². The molecular weight excluding hydrogens is 819 g/mol. The van der Waals surface area contributed by atoms with Gasteiger partial charge in [-0.3, -0.25) is 48.1 Å². The highest BCUT2D eigenvalue weighted by atomic mass is 16.3. The van der Waals surface area contributed by atoms with E-state index in [4.69, 9.17) is 5.73 Å². The van der Waals surface area contributed by atoms with Crippen LogP contribution in [0.4, 0.5) is 10.5 Å². The second-order valence-electron chi connectivity index (χ2n) is 16.3. The number of benzene rings is 2. The minimum Gasteiger partial charge on any atom is -0.507 e. The van der Waals surface area contributed by atoms with E-state index < -0.39 is 93.8 Å². The Morgan fingerprint density at radius 3 is 2.11 bits per heavy atom. The van der Waals surface area contributed by atoms with Crippen LogP contribution in [-0.2, 0) is 46.4 Å².